The Morgan fingerprint density at radius 3 is 2.59 bits per heavy atom. The van der Waals surface area contributed by atoms with Gasteiger partial charge in [-0.05, 0) is 52.2 Å². The van der Waals surface area contributed by atoms with E-state index in [1.54, 1.807) is 12.2 Å². The first-order chi connectivity index (χ1) is 12.9. The van der Waals surface area contributed by atoms with Gasteiger partial charge in [-0.2, -0.15) is 0 Å². The maximum absolute atomic E-state index is 12.4. The highest BCUT2D eigenvalue weighted by Crippen LogP contribution is 2.26. The second-order valence-corrected chi connectivity index (χ2v) is 8.35. The quantitative estimate of drug-likeness (QED) is 0.287. The van der Waals surface area contributed by atoms with Crippen LogP contribution >= 0.6 is 11.8 Å². The van der Waals surface area contributed by atoms with Gasteiger partial charge in [0.25, 0.3) is 0 Å². The number of rotatable bonds is 6. The maximum atomic E-state index is 12.4. The van der Waals surface area contributed by atoms with Crippen molar-refractivity contribution < 1.29 is 4.79 Å². The summed E-state index contributed by atoms with van der Waals surface area (Å²) in [5.74, 6) is 1.57. The first-order valence-corrected chi connectivity index (χ1v) is 10.5. The summed E-state index contributed by atoms with van der Waals surface area (Å²) in [5.41, 5.74) is 3.66. The van der Waals surface area contributed by atoms with Crippen molar-refractivity contribution in [2.24, 2.45) is 10.9 Å². The average molecular weight is 380 g/mol. The third kappa shape index (κ3) is 6.73. The molecule has 2 aliphatic rings. The lowest BCUT2D eigenvalue weighted by Gasteiger charge is -2.31. The van der Waals surface area contributed by atoms with Gasteiger partial charge in [-0.3, -0.25) is 9.79 Å². The molecule has 0 unspecified atom stereocenters. The number of nitrogens with zero attached hydrogens (tertiary/aromatic N) is 2. The molecule has 0 saturated carbocycles. The van der Waals surface area contributed by atoms with E-state index in [-0.39, 0.29) is 5.91 Å². The SMILES string of the molecule is [B]/C(C=C)=C(/C)N=C(C=C(C)C)C1CCN(C(=O)/C=C/C2=CCCS2)CC1. The standard InChI is InChI=1S/C22H29BN2OS/c1-5-20(23)17(4)24-21(15-16(2)3)18-10-12-25(13-11-18)22(26)9-8-19-7-6-14-27-19/h5,7-9,15,18H,1,6,10-14H2,2-4H3/b9-8+,20-17-,24-21?. The smallest absolute Gasteiger partial charge is 0.246 e. The predicted molar refractivity (Wildman–Crippen MR) is 119 cm³/mol. The van der Waals surface area contributed by atoms with Gasteiger partial charge in [-0.15, -0.1) is 11.8 Å². The van der Waals surface area contributed by atoms with Crippen molar-refractivity contribution in [3.8, 4) is 0 Å². The van der Waals surface area contributed by atoms with Crippen LogP contribution in [0.5, 0.6) is 0 Å². The molecule has 142 valence electrons. The molecule has 0 bridgehead atoms. The largest absolute Gasteiger partial charge is 0.339 e. The Balaban J connectivity index is 2.02. The van der Waals surface area contributed by atoms with Gasteiger partial charge in [0.1, 0.15) is 7.85 Å². The summed E-state index contributed by atoms with van der Waals surface area (Å²) in [6, 6.07) is 0. The number of amides is 1. The van der Waals surface area contributed by atoms with Crippen LogP contribution in [-0.4, -0.2) is 43.2 Å². The maximum Gasteiger partial charge on any atom is 0.246 e. The summed E-state index contributed by atoms with van der Waals surface area (Å²) < 4.78 is 0. The predicted octanol–water partition coefficient (Wildman–Crippen LogP) is 4.80. The third-order valence-corrected chi connectivity index (χ3v) is 5.79. The lowest BCUT2D eigenvalue weighted by Crippen LogP contribution is -2.39. The molecular formula is C22H29BN2OS. The number of likely N-dealkylation sites (tertiary alicyclic amines) is 1. The minimum Gasteiger partial charge on any atom is -0.339 e. The van der Waals surface area contributed by atoms with E-state index in [1.807, 2.05) is 29.7 Å². The number of carbonyl (C=O) groups excluding carboxylic acids is 1. The van der Waals surface area contributed by atoms with Crippen LogP contribution in [0, 0.1) is 5.92 Å². The molecule has 1 amide bonds. The Morgan fingerprint density at radius 1 is 1.33 bits per heavy atom. The van der Waals surface area contributed by atoms with Gasteiger partial charge in [-0.25, -0.2) is 0 Å². The van der Waals surface area contributed by atoms with E-state index in [4.69, 9.17) is 12.8 Å². The van der Waals surface area contributed by atoms with Crippen LogP contribution in [0.4, 0.5) is 0 Å². The molecule has 3 nitrogen and oxygen atoms in total. The zero-order valence-electron chi connectivity index (χ0n) is 16.7. The number of aliphatic imine (C=N–C) groups is 1. The fraction of sp³-hybridized carbons (Fsp3) is 0.455. The second kappa shape index (κ2) is 10.6. The number of carbonyl (C=O) groups is 1. The summed E-state index contributed by atoms with van der Waals surface area (Å²) in [7, 11) is 5.94. The summed E-state index contributed by atoms with van der Waals surface area (Å²) in [4.78, 5) is 20.4. The molecule has 0 N–H and O–H groups in total. The highest BCUT2D eigenvalue weighted by Gasteiger charge is 2.24. The summed E-state index contributed by atoms with van der Waals surface area (Å²) >= 11 is 1.81. The summed E-state index contributed by atoms with van der Waals surface area (Å²) in [6.45, 7) is 11.3. The monoisotopic (exact) mass is 380 g/mol. The van der Waals surface area contributed by atoms with Crippen molar-refractivity contribution in [2.45, 2.75) is 40.0 Å². The highest BCUT2D eigenvalue weighted by atomic mass is 32.2. The van der Waals surface area contributed by atoms with Crippen LogP contribution in [0.1, 0.15) is 40.0 Å². The van der Waals surface area contributed by atoms with Gasteiger partial charge in [0.2, 0.25) is 5.91 Å². The van der Waals surface area contributed by atoms with Crippen LogP contribution in [0.15, 0.2) is 63.6 Å². The van der Waals surface area contributed by atoms with Crippen LogP contribution in [0.25, 0.3) is 0 Å². The molecule has 27 heavy (non-hydrogen) atoms. The molecule has 1 saturated heterocycles. The van der Waals surface area contributed by atoms with E-state index >= 15 is 0 Å². The second-order valence-electron chi connectivity index (χ2n) is 7.18. The minimum atomic E-state index is 0.106. The lowest BCUT2D eigenvalue weighted by atomic mass is 9.90. The minimum absolute atomic E-state index is 0.106. The van der Waals surface area contributed by atoms with E-state index in [2.05, 4.69) is 32.6 Å². The molecule has 1 fully saturated rings. The van der Waals surface area contributed by atoms with Crippen LogP contribution < -0.4 is 0 Å². The van der Waals surface area contributed by atoms with Gasteiger partial charge in [0.05, 0.1) is 0 Å². The average Bonchev–Trinajstić information content (AvgIpc) is 3.18. The Hall–Kier alpha value is -1.75. The van der Waals surface area contributed by atoms with E-state index < -0.39 is 0 Å². The fourth-order valence-electron chi connectivity index (χ4n) is 3.15. The molecule has 0 aromatic rings. The first-order valence-electron chi connectivity index (χ1n) is 9.53. The number of thioether (sulfide) groups is 1. The summed E-state index contributed by atoms with van der Waals surface area (Å²) in [6.07, 6.45) is 12.5. The van der Waals surface area contributed by atoms with Gasteiger partial charge < -0.3 is 4.90 Å². The van der Waals surface area contributed by atoms with Gasteiger partial charge >= 0.3 is 0 Å². The van der Waals surface area contributed by atoms with E-state index in [1.165, 1.54) is 10.5 Å². The van der Waals surface area contributed by atoms with E-state index in [0.717, 1.165) is 49.5 Å². The molecule has 2 radical (unpaired) electrons. The van der Waals surface area contributed by atoms with Crippen LogP contribution in [0.3, 0.4) is 0 Å². The Bertz CT molecular complexity index is 719. The number of hydrogen-bond acceptors (Lipinski definition) is 3. The topological polar surface area (TPSA) is 32.7 Å². The molecule has 2 aliphatic heterocycles. The molecule has 2 rings (SSSR count). The molecular weight excluding hydrogens is 351 g/mol. The Kier molecular flexibility index (Phi) is 8.42. The Labute approximate surface area is 169 Å². The van der Waals surface area contributed by atoms with Crippen molar-refractivity contribution in [3.05, 3.63) is 58.6 Å². The number of allylic oxidation sites excluding steroid dienone is 7. The van der Waals surface area contributed by atoms with Gasteiger partial charge in [0, 0.05) is 47.2 Å². The third-order valence-electron chi connectivity index (χ3n) is 4.72. The molecule has 0 aliphatic carbocycles. The molecule has 0 spiro atoms. The Morgan fingerprint density at radius 2 is 2.04 bits per heavy atom. The van der Waals surface area contributed by atoms with Crippen LogP contribution in [0.2, 0.25) is 0 Å². The molecule has 0 aromatic heterocycles. The van der Waals surface area contributed by atoms with Crippen molar-refractivity contribution >= 4 is 31.2 Å². The van der Waals surface area contributed by atoms with E-state index in [9.17, 15) is 4.79 Å². The van der Waals surface area contributed by atoms with Crippen molar-refractivity contribution in [2.75, 3.05) is 18.8 Å². The van der Waals surface area contributed by atoms with Crippen molar-refractivity contribution in [1.82, 2.24) is 4.90 Å². The normalized spacial score (nSPS) is 19.7. The molecule has 5 heteroatoms. The van der Waals surface area contributed by atoms with Crippen molar-refractivity contribution in [3.63, 3.8) is 0 Å². The van der Waals surface area contributed by atoms with Gasteiger partial charge in [0.15, 0.2) is 0 Å². The fourth-order valence-corrected chi connectivity index (χ4v) is 4.02. The summed E-state index contributed by atoms with van der Waals surface area (Å²) in [5, 5.41) is 0. The zero-order valence-corrected chi connectivity index (χ0v) is 17.5. The molecule has 0 atom stereocenters. The van der Waals surface area contributed by atoms with E-state index in [0.29, 0.717) is 11.4 Å². The van der Waals surface area contributed by atoms with Gasteiger partial charge in [-0.1, -0.05) is 29.8 Å². The molecule has 0 aromatic carbocycles. The molecule has 2 heterocycles. The first kappa shape index (κ1) is 21.6. The zero-order chi connectivity index (χ0) is 19.8. The highest BCUT2D eigenvalue weighted by molar-refractivity contribution is 8.03. The van der Waals surface area contributed by atoms with Crippen molar-refractivity contribution in [1.29, 1.82) is 0 Å². The number of hydrogen-bond donors (Lipinski definition) is 0. The number of piperidine rings is 1. The lowest BCUT2D eigenvalue weighted by molar-refractivity contribution is -0.127. The van der Waals surface area contributed by atoms with Crippen LogP contribution in [-0.2, 0) is 4.79 Å².